The molecule has 2 atom stereocenters. The van der Waals surface area contributed by atoms with E-state index < -0.39 is 24.1 Å². The van der Waals surface area contributed by atoms with Crippen LogP contribution in [-0.2, 0) is 19.1 Å². The lowest BCUT2D eigenvalue weighted by Crippen LogP contribution is -2.39. The maximum atomic E-state index is 9.77. The summed E-state index contributed by atoms with van der Waals surface area (Å²) in [6.07, 6.45) is -4.53. The molecule has 2 heterocycles. The third-order valence-electron chi connectivity index (χ3n) is 2.50. The summed E-state index contributed by atoms with van der Waals surface area (Å²) in [7, 11) is 0. The Hall–Kier alpha value is -1.30. The summed E-state index contributed by atoms with van der Waals surface area (Å²) in [4.78, 5) is 19.5. The van der Waals surface area contributed by atoms with Gasteiger partial charge in [-0.3, -0.25) is 0 Å². The Balaban J connectivity index is 0.000000315. The Morgan fingerprint density at radius 1 is 0.727 bits per heavy atom. The van der Waals surface area contributed by atoms with E-state index in [1.165, 1.54) is 0 Å². The number of aliphatic hydroxyl groups excluding tert-OH is 2. The van der Waals surface area contributed by atoms with Crippen LogP contribution < -0.4 is 10.6 Å². The Morgan fingerprint density at radius 3 is 1.09 bits per heavy atom. The molecule has 10 heteroatoms. The first-order valence-electron chi connectivity index (χ1n) is 6.85. The topological polar surface area (TPSA) is 158 Å². The van der Waals surface area contributed by atoms with Crippen molar-refractivity contribution in [2.45, 2.75) is 12.2 Å². The highest BCUT2D eigenvalue weighted by Crippen LogP contribution is 1.92. The van der Waals surface area contributed by atoms with Gasteiger partial charge in [0.1, 0.15) is 0 Å². The predicted octanol–water partition coefficient (Wildman–Crippen LogP) is -2.91. The van der Waals surface area contributed by atoms with E-state index in [1.807, 2.05) is 0 Å². The van der Waals surface area contributed by atoms with E-state index in [1.54, 1.807) is 0 Å². The van der Waals surface area contributed by atoms with Gasteiger partial charge in [0.25, 0.3) is 0 Å². The van der Waals surface area contributed by atoms with E-state index >= 15 is 0 Å². The molecule has 10 nitrogen and oxygen atoms in total. The molecule has 2 aliphatic heterocycles. The molecule has 0 amide bonds. The lowest BCUT2D eigenvalue weighted by Gasteiger charge is -2.10. The van der Waals surface area contributed by atoms with E-state index in [2.05, 4.69) is 10.6 Å². The van der Waals surface area contributed by atoms with Gasteiger partial charge in [-0.2, -0.15) is 0 Å². The van der Waals surface area contributed by atoms with Gasteiger partial charge in [-0.05, 0) is 0 Å². The highest BCUT2D eigenvalue weighted by molar-refractivity contribution is 5.83. The van der Waals surface area contributed by atoms with Crippen LogP contribution in [-0.4, -0.2) is 97.2 Å². The number of morpholine rings is 2. The molecule has 0 aromatic heterocycles. The molecule has 2 aliphatic rings. The van der Waals surface area contributed by atoms with Gasteiger partial charge in [-0.15, -0.1) is 0 Å². The predicted molar refractivity (Wildman–Crippen MR) is 74.7 cm³/mol. The smallest absolute Gasteiger partial charge is 0.335 e. The van der Waals surface area contributed by atoms with Crippen molar-refractivity contribution >= 4 is 11.9 Å². The van der Waals surface area contributed by atoms with Gasteiger partial charge in [0.2, 0.25) is 0 Å². The summed E-state index contributed by atoms with van der Waals surface area (Å²) in [6, 6.07) is 0. The molecule has 0 bridgehead atoms. The zero-order valence-electron chi connectivity index (χ0n) is 12.2. The molecule has 22 heavy (non-hydrogen) atoms. The van der Waals surface area contributed by atoms with Crippen molar-refractivity contribution in [3.63, 3.8) is 0 Å². The molecule has 0 saturated carbocycles. The lowest BCUT2D eigenvalue weighted by molar-refractivity contribution is -0.165. The van der Waals surface area contributed by atoms with Gasteiger partial charge < -0.3 is 40.5 Å². The number of aliphatic carboxylic acids is 2. The molecule has 0 aliphatic carbocycles. The van der Waals surface area contributed by atoms with Crippen LogP contribution in [0.15, 0.2) is 0 Å². The minimum absolute atomic E-state index is 0.889. The average molecular weight is 324 g/mol. The van der Waals surface area contributed by atoms with Gasteiger partial charge in [0.05, 0.1) is 26.4 Å². The average Bonchev–Trinajstić information content (AvgIpc) is 2.57. The maximum absolute atomic E-state index is 9.77. The summed E-state index contributed by atoms with van der Waals surface area (Å²) < 4.78 is 10.0. The van der Waals surface area contributed by atoms with E-state index in [-0.39, 0.29) is 0 Å². The van der Waals surface area contributed by atoms with E-state index in [0.717, 1.165) is 52.6 Å². The first kappa shape index (κ1) is 20.7. The van der Waals surface area contributed by atoms with E-state index in [0.29, 0.717) is 0 Å². The number of hydrogen-bond donors (Lipinski definition) is 6. The summed E-state index contributed by atoms with van der Waals surface area (Å²) in [6.45, 7) is 7.67. The molecule has 130 valence electrons. The molecule has 0 aromatic carbocycles. The van der Waals surface area contributed by atoms with Crippen LogP contribution in [0.25, 0.3) is 0 Å². The van der Waals surface area contributed by atoms with Crippen molar-refractivity contribution in [2.24, 2.45) is 0 Å². The summed E-state index contributed by atoms with van der Waals surface area (Å²) >= 11 is 0. The zero-order chi connectivity index (χ0) is 16.8. The molecule has 2 saturated heterocycles. The number of hydrogen-bond acceptors (Lipinski definition) is 8. The standard InChI is InChI=1S/2C4H9NO.C4H6O6/c2*1-3-6-4-2-5-1;5-1(3(7)8)2(6)4(9)10/h2*5H,1-4H2;1-2,5-6H,(H,7,8)(H,9,10). The Bertz CT molecular complexity index is 254. The third-order valence-corrected chi connectivity index (χ3v) is 2.50. The van der Waals surface area contributed by atoms with Gasteiger partial charge in [0.15, 0.2) is 12.2 Å². The highest BCUT2D eigenvalue weighted by Gasteiger charge is 2.29. The van der Waals surface area contributed by atoms with E-state index in [9.17, 15) is 9.59 Å². The number of carboxylic acids is 2. The number of nitrogens with one attached hydrogen (secondary N) is 2. The molecular weight excluding hydrogens is 300 g/mol. The molecule has 0 aromatic rings. The second-order valence-electron chi connectivity index (χ2n) is 4.29. The number of aliphatic hydroxyl groups is 2. The molecule has 0 spiro atoms. The van der Waals surface area contributed by atoms with Crippen LogP contribution in [0.4, 0.5) is 0 Å². The number of rotatable bonds is 3. The van der Waals surface area contributed by atoms with Crippen LogP contribution in [0.2, 0.25) is 0 Å². The fourth-order valence-electron chi connectivity index (χ4n) is 1.30. The van der Waals surface area contributed by atoms with Gasteiger partial charge in [-0.25, -0.2) is 9.59 Å². The maximum Gasteiger partial charge on any atom is 0.335 e. The van der Waals surface area contributed by atoms with Crippen molar-refractivity contribution in [3.05, 3.63) is 0 Å². The monoisotopic (exact) mass is 324 g/mol. The second-order valence-corrected chi connectivity index (χ2v) is 4.29. The quantitative estimate of drug-likeness (QED) is 0.318. The molecule has 2 rings (SSSR count). The largest absolute Gasteiger partial charge is 0.479 e. The third kappa shape index (κ3) is 11.4. The Morgan fingerprint density at radius 2 is 1.00 bits per heavy atom. The van der Waals surface area contributed by atoms with Crippen molar-refractivity contribution < 1.29 is 39.5 Å². The van der Waals surface area contributed by atoms with Crippen LogP contribution in [0, 0.1) is 0 Å². The minimum Gasteiger partial charge on any atom is -0.479 e. The number of carbonyl (C=O) groups is 2. The molecule has 0 radical (unpaired) electrons. The second kappa shape index (κ2) is 13.4. The van der Waals surface area contributed by atoms with Gasteiger partial charge in [0, 0.05) is 26.2 Å². The Labute approximate surface area is 128 Å². The van der Waals surface area contributed by atoms with Crippen molar-refractivity contribution in [2.75, 3.05) is 52.6 Å². The van der Waals surface area contributed by atoms with Crippen LogP contribution in [0.3, 0.4) is 0 Å². The highest BCUT2D eigenvalue weighted by atomic mass is 16.5. The lowest BCUT2D eigenvalue weighted by atomic mass is 10.2. The fraction of sp³-hybridized carbons (Fsp3) is 0.833. The summed E-state index contributed by atoms with van der Waals surface area (Å²) in [5.74, 6) is -3.54. The van der Waals surface area contributed by atoms with Crippen LogP contribution in [0.5, 0.6) is 0 Å². The first-order chi connectivity index (χ1) is 10.5. The molecule has 6 N–H and O–H groups in total. The zero-order valence-corrected chi connectivity index (χ0v) is 12.2. The van der Waals surface area contributed by atoms with E-state index in [4.69, 9.17) is 29.9 Å². The van der Waals surface area contributed by atoms with Crippen molar-refractivity contribution in [3.8, 4) is 0 Å². The van der Waals surface area contributed by atoms with Gasteiger partial charge >= 0.3 is 11.9 Å². The summed E-state index contributed by atoms with van der Waals surface area (Å²) in [5, 5.41) is 38.8. The van der Waals surface area contributed by atoms with Crippen LogP contribution >= 0.6 is 0 Å². The SMILES string of the molecule is C1COCCN1.C1COCCN1.O=C(O)C(O)C(O)C(=O)O. The van der Waals surface area contributed by atoms with Crippen LogP contribution in [0.1, 0.15) is 0 Å². The molecular formula is C12H24N2O8. The summed E-state index contributed by atoms with van der Waals surface area (Å²) in [5.41, 5.74) is 0. The normalized spacial score (nSPS) is 20.3. The minimum atomic E-state index is -2.27. The van der Waals surface area contributed by atoms with Gasteiger partial charge in [-0.1, -0.05) is 0 Å². The number of carboxylic acid groups (broad SMARTS) is 2. The first-order valence-corrected chi connectivity index (χ1v) is 6.85. The van der Waals surface area contributed by atoms with Crippen molar-refractivity contribution in [1.29, 1.82) is 0 Å². The molecule has 2 unspecified atom stereocenters. The Kier molecular flexibility index (Phi) is 12.6. The number of ether oxygens (including phenoxy) is 2. The fourth-order valence-corrected chi connectivity index (χ4v) is 1.30. The van der Waals surface area contributed by atoms with Crippen molar-refractivity contribution in [1.82, 2.24) is 10.6 Å². The molecule has 2 fully saturated rings.